The molecule has 0 aromatic rings. The van der Waals surface area contributed by atoms with E-state index < -0.39 is 0 Å². The first-order valence-electron chi connectivity index (χ1n) is 5.39. The molecule has 0 bridgehead atoms. The lowest BCUT2D eigenvalue weighted by Crippen LogP contribution is -2.11. The molecule has 0 rings (SSSR count). The van der Waals surface area contributed by atoms with Crippen LogP contribution in [0.3, 0.4) is 0 Å². The molecule has 0 saturated heterocycles. The quantitative estimate of drug-likeness (QED) is 0.467. The van der Waals surface area contributed by atoms with Gasteiger partial charge in [0.2, 0.25) is 0 Å². The average Bonchev–Trinajstić information content (AvgIpc) is 2.13. The summed E-state index contributed by atoms with van der Waals surface area (Å²) in [4.78, 5) is 0. The van der Waals surface area contributed by atoms with Crippen LogP contribution in [0.2, 0.25) is 0 Å². The molecule has 0 fully saturated rings. The van der Waals surface area contributed by atoms with E-state index in [0.29, 0.717) is 0 Å². The second-order valence-corrected chi connectivity index (χ2v) is 3.13. The van der Waals surface area contributed by atoms with Crippen LogP contribution < -0.4 is 5.32 Å². The van der Waals surface area contributed by atoms with Crippen LogP contribution in [0.25, 0.3) is 0 Å². The van der Waals surface area contributed by atoms with E-state index in [1.807, 2.05) is 0 Å². The largest absolute Gasteiger partial charge is 0.389 e. The molecule has 1 N–H and O–H groups in total. The van der Waals surface area contributed by atoms with E-state index in [9.17, 15) is 0 Å². The molecule has 0 spiro atoms. The van der Waals surface area contributed by atoms with Gasteiger partial charge in [0, 0.05) is 12.2 Å². The van der Waals surface area contributed by atoms with Crippen LogP contribution in [-0.2, 0) is 0 Å². The molecule has 0 amide bonds. The molecule has 0 aromatic heterocycles. The Hall–Kier alpha value is -0.720. The van der Waals surface area contributed by atoms with E-state index >= 15 is 0 Å². The number of hydrogen-bond donors (Lipinski definition) is 1. The van der Waals surface area contributed by atoms with Crippen LogP contribution in [0.5, 0.6) is 0 Å². The highest BCUT2D eigenvalue weighted by molar-refractivity contribution is 4.99. The van der Waals surface area contributed by atoms with E-state index in [1.165, 1.54) is 25.0 Å². The van der Waals surface area contributed by atoms with Crippen molar-refractivity contribution >= 4 is 0 Å². The molecular formula is C12H23N. The van der Waals surface area contributed by atoms with Gasteiger partial charge in [0.15, 0.2) is 0 Å². The van der Waals surface area contributed by atoms with Crippen molar-refractivity contribution in [1.82, 2.24) is 5.32 Å². The van der Waals surface area contributed by atoms with Gasteiger partial charge in [-0.25, -0.2) is 0 Å². The summed E-state index contributed by atoms with van der Waals surface area (Å²) in [6.45, 7) is 7.45. The highest BCUT2D eigenvalue weighted by Gasteiger charge is 1.92. The maximum absolute atomic E-state index is 3.40. The minimum absolute atomic E-state index is 1.04. The van der Waals surface area contributed by atoms with Gasteiger partial charge in [0.05, 0.1) is 0 Å². The third kappa shape index (κ3) is 7.63. The van der Waals surface area contributed by atoms with E-state index in [-0.39, 0.29) is 0 Å². The van der Waals surface area contributed by atoms with Crippen molar-refractivity contribution < 1.29 is 0 Å². The number of rotatable bonds is 7. The average molecular weight is 181 g/mol. The van der Waals surface area contributed by atoms with Crippen molar-refractivity contribution in [3.05, 3.63) is 23.9 Å². The minimum Gasteiger partial charge on any atom is -0.389 e. The maximum atomic E-state index is 3.40. The fourth-order valence-electron chi connectivity index (χ4n) is 1.31. The fourth-order valence-corrected chi connectivity index (χ4v) is 1.31. The van der Waals surface area contributed by atoms with Crippen molar-refractivity contribution in [1.29, 1.82) is 0 Å². The third-order valence-corrected chi connectivity index (χ3v) is 1.91. The maximum Gasteiger partial charge on any atom is 0.0115 e. The second-order valence-electron chi connectivity index (χ2n) is 3.13. The van der Waals surface area contributed by atoms with Gasteiger partial charge in [-0.2, -0.15) is 0 Å². The Morgan fingerprint density at radius 1 is 1.31 bits per heavy atom. The van der Waals surface area contributed by atoms with Gasteiger partial charge in [-0.15, -0.1) is 0 Å². The monoisotopic (exact) mass is 181 g/mol. The zero-order valence-electron chi connectivity index (χ0n) is 9.27. The van der Waals surface area contributed by atoms with Gasteiger partial charge in [-0.05, 0) is 39.5 Å². The van der Waals surface area contributed by atoms with Gasteiger partial charge >= 0.3 is 0 Å². The Balaban J connectivity index is 3.63. The van der Waals surface area contributed by atoms with Crippen molar-refractivity contribution in [2.75, 3.05) is 6.54 Å². The number of allylic oxidation sites excluding steroid dienone is 4. The molecule has 1 heteroatoms. The summed E-state index contributed by atoms with van der Waals surface area (Å²) in [5, 5.41) is 3.40. The molecule has 0 radical (unpaired) electrons. The van der Waals surface area contributed by atoms with Gasteiger partial charge in [-0.1, -0.05) is 25.2 Å². The Labute approximate surface area is 82.9 Å². The summed E-state index contributed by atoms with van der Waals surface area (Å²) in [5.74, 6) is 0. The normalized spacial score (nSPS) is 12.4. The topological polar surface area (TPSA) is 12.0 Å². The molecule has 0 heterocycles. The molecular weight excluding hydrogens is 158 g/mol. The number of hydrogen-bond acceptors (Lipinski definition) is 1. The Morgan fingerprint density at radius 2 is 2.08 bits per heavy atom. The molecule has 0 saturated carbocycles. The lowest BCUT2D eigenvalue weighted by molar-refractivity contribution is 0.729. The van der Waals surface area contributed by atoms with Crippen LogP contribution in [0, 0.1) is 0 Å². The molecule has 13 heavy (non-hydrogen) atoms. The van der Waals surface area contributed by atoms with E-state index in [2.05, 4.69) is 44.3 Å². The van der Waals surface area contributed by atoms with E-state index in [0.717, 1.165) is 13.0 Å². The predicted molar refractivity (Wildman–Crippen MR) is 60.7 cm³/mol. The summed E-state index contributed by atoms with van der Waals surface area (Å²) in [5.41, 5.74) is 1.41. The van der Waals surface area contributed by atoms with Gasteiger partial charge in [0.1, 0.15) is 0 Å². The molecule has 0 aliphatic rings. The predicted octanol–water partition coefficient (Wildman–Crippen LogP) is 3.64. The van der Waals surface area contributed by atoms with Crippen molar-refractivity contribution in [2.45, 2.75) is 46.5 Å². The first-order chi connectivity index (χ1) is 6.35. The van der Waals surface area contributed by atoms with Crippen LogP contribution in [0.1, 0.15) is 46.5 Å². The van der Waals surface area contributed by atoms with Crippen molar-refractivity contribution in [2.24, 2.45) is 0 Å². The lowest BCUT2D eigenvalue weighted by atomic mass is 10.1. The summed E-state index contributed by atoms with van der Waals surface area (Å²) in [7, 11) is 0. The SMILES string of the molecule is C/C=C\CCC/C(=C\CC)NCC. The molecule has 1 nitrogen and oxygen atoms in total. The molecule has 0 unspecified atom stereocenters. The highest BCUT2D eigenvalue weighted by atomic mass is 14.9. The van der Waals surface area contributed by atoms with Crippen LogP contribution in [0.15, 0.2) is 23.9 Å². The smallest absolute Gasteiger partial charge is 0.0115 e. The zero-order chi connectivity index (χ0) is 9.94. The fraction of sp³-hybridized carbons (Fsp3) is 0.667. The molecule has 0 atom stereocenters. The first-order valence-corrected chi connectivity index (χ1v) is 5.39. The molecule has 76 valence electrons. The minimum atomic E-state index is 1.04. The molecule has 0 aliphatic carbocycles. The standard InChI is InChI=1S/C12H23N/c1-4-7-8-9-11-12(10-5-2)13-6-3/h4,7,10,13H,5-6,8-9,11H2,1-3H3/b7-4-,12-10+. The van der Waals surface area contributed by atoms with E-state index in [4.69, 9.17) is 0 Å². The molecule has 0 aliphatic heterocycles. The van der Waals surface area contributed by atoms with E-state index in [1.54, 1.807) is 0 Å². The summed E-state index contributed by atoms with van der Waals surface area (Å²) >= 11 is 0. The second kappa shape index (κ2) is 9.37. The van der Waals surface area contributed by atoms with Crippen molar-refractivity contribution in [3.8, 4) is 0 Å². The summed E-state index contributed by atoms with van der Waals surface area (Å²) in [6.07, 6.45) is 11.4. The first kappa shape index (κ1) is 12.3. The van der Waals surface area contributed by atoms with Gasteiger partial charge in [-0.3, -0.25) is 0 Å². The lowest BCUT2D eigenvalue weighted by Gasteiger charge is -2.07. The Kier molecular flexibility index (Phi) is 8.85. The Bertz CT molecular complexity index is 157. The number of nitrogens with one attached hydrogen (secondary N) is 1. The zero-order valence-corrected chi connectivity index (χ0v) is 9.27. The van der Waals surface area contributed by atoms with Crippen molar-refractivity contribution in [3.63, 3.8) is 0 Å². The van der Waals surface area contributed by atoms with Crippen LogP contribution in [0.4, 0.5) is 0 Å². The van der Waals surface area contributed by atoms with Crippen LogP contribution in [-0.4, -0.2) is 6.54 Å². The third-order valence-electron chi connectivity index (χ3n) is 1.91. The van der Waals surface area contributed by atoms with Gasteiger partial charge in [0.25, 0.3) is 0 Å². The number of unbranched alkanes of at least 4 members (excludes halogenated alkanes) is 1. The molecule has 0 aromatic carbocycles. The van der Waals surface area contributed by atoms with Crippen LogP contribution >= 0.6 is 0 Å². The Morgan fingerprint density at radius 3 is 2.62 bits per heavy atom. The van der Waals surface area contributed by atoms with Gasteiger partial charge < -0.3 is 5.32 Å². The highest BCUT2D eigenvalue weighted by Crippen LogP contribution is 2.05. The summed E-state index contributed by atoms with van der Waals surface area (Å²) in [6, 6.07) is 0. The summed E-state index contributed by atoms with van der Waals surface area (Å²) < 4.78 is 0.